The van der Waals surface area contributed by atoms with E-state index in [4.69, 9.17) is 11.6 Å². The second-order valence-electron chi connectivity index (χ2n) is 4.60. The molecule has 1 heterocycles. The maximum atomic E-state index is 6.31. The largest absolute Gasteiger partial charge is 0.316 e. The van der Waals surface area contributed by atoms with Crippen molar-refractivity contribution < 1.29 is 0 Å². The average Bonchev–Trinajstić information content (AvgIpc) is 2.20. The lowest BCUT2D eigenvalue weighted by Crippen LogP contribution is -2.33. The maximum Gasteiger partial charge on any atom is 0.0443 e. The zero-order valence-electron chi connectivity index (χ0n) is 10.2. The molecular formula is C13H20Cl3N. The molecule has 1 aromatic carbocycles. The summed E-state index contributed by atoms with van der Waals surface area (Å²) in [5.41, 5.74) is 2.57. The van der Waals surface area contributed by atoms with Crippen LogP contribution in [0.15, 0.2) is 18.2 Å². The van der Waals surface area contributed by atoms with Crippen LogP contribution in [0.5, 0.6) is 0 Å². The van der Waals surface area contributed by atoms with Gasteiger partial charge in [-0.2, -0.15) is 0 Å². The molecule has 0 spiro atoms. The predicted octanol–water partition coefficient (Wildman–Crippen LogP) is 4.21. The van der Waals surface area contributed by atoms with E-state index in [1.54, 1.807) is 0 Å². The zero-order valence-corrected chi connectivity index (χ0v) is 12.6. The Morgan fingerprint density at radius 3 is 2.59 bits per heavy atom. The Labute approximate surface area is 121 Å². The number of piperidine rings is 1. The van der Waals surface area contributed by atoms with Crippen LogP contribution in [-0.4, -0.2) is 13.1 Å². The minimum Gasteiger partial charge on any atom is -0.316 e. The fourth-order valence-corrected chi connectivity index (χ4v) is 2.78. The van der Waals surface area contributed by atoms with Gasteiger partial charge in [0.1, 0.15) is 0 Å². The summed E-state index contributed by atoms with van der Waals surface area (Å²) in [6, 6.07) is 6.44. The van der Waals surface area contributed by atoms with E-state index in [0.717, 1.165) is 18.1 Å². The van der Waals surface area contributed by atoms with Crippen molar-refractivity contribution in [3.8, 4) is 0 Å². The van der Waals surface area contributed by atoms with E-state index < -0.39 is 0 Å². The van der Waals surface area contributed by atoms with Crippen LogP contribution in [0.25, 0.3) is 0 Å². The van der Waals surface area contributed by atoms with Crippen molar-refractivity contribution >= 4 is 36.4 Å². The number of benzene rings is 1. The Morgan fingerprint density at radius 1 is 1.29 bits per heavy atom. The molecular weight excluding hydrogens is 277 g/mol. The Balaban J connectivity index is 0.00000128. The lowest BCUT2D eigenvalue weighted by atomic mass is 9.82. The van der Waals surface area contributed by atoms with Gasteiger partial charge in [-0.15, -0.1) is 24.8 Å². The van der Waals surface area contributed by atoms with Gasteiger partial charge in [-0.25, -0.2) is 0 Å². The lowest BCUT2D eigenvalue weighted by Gasteiger charge is -2.30. The molecule has 0 aliphatic carbocycles. The number of halogens is 3. The summed E-state index contributed by atoms with van der Waals surface area (Å²) in [6.07, 6.45) is 1.20. The van der Waals surface area contributed by atoms with E-state index in [1.807, 2.05) is 0 Å². The molecule has 0 radical (unpaired) electrons. The second kappa shape index (κ2) is 7.48. The van der Waals surface area contributed by atoms with Gasteiger partial charge in [0.25, 0.3) is 0 Å². The molecule has 0 unspecified atom stereocenters. The normalized spacial score (nSPS) is 23.5. The number of nitrogens with one attached hydrogen (secondary N) is 1. The van der Waals surface area contributed by atoms with Gasteiger partial charge in [-0.3, -0.25) is 0 Å². The van der Waals surface area contributed by atoms with Gasteiger partial charge in [-0.1, -0.05) is 30.7 Å². The smallest absolute Gasteiger partial charge is 0.0443 e. The highest BCUT2D eigenvalue weighted by atomic mass is 35.5. The van der Waals surface area contributed by atoms with Crippen LogP contribution in [0, 0.1) is 12.8 Å². The summed E-state index contributed by atoms with van der Waals surface area (Å²) < 4.78 is 0. The van der Waals surface area contributed by atoms with E-state index in [-0.39, 0.29) is 24.8 Å². The first-order chi connectivity index (χ1) is 7.18. The molecule has 98 valence electrons. The first kappa shape index (κ1) is 17.1. The van der Waals surface area contributed by atoms with Gasteiger partial charge in [0.15, 0.2) is 0 Å². The summed E-state index contributed by atoms with van der Waals surface area (Å²) >= 11 is 6.31. The third kappa shape index (κ3) is 4.03. The lowest BCUT2D eigenvalue weighted by molar-refractivity contribution is 0.349. The summed E-state index contributed by atoms with van der Waals surface area (Å²) in [7, 11) is 0. The van der Waals surface area contributed by atoms with Crippen LogP contribution in [-0.2, 0) is 0 Å². The zero-order chi connectivity index (χ0) is 10.8. The SMILES string of the molecule is Cc1ccc([C@H]2CCNC[C@H]2C)c(Cl)c1.Cl.Cl. The molecule has 0 saturated carbocycles. The number of hydrogen-bond donors (Lipinski definition) is 1. The molecule has 1 aliphatic heterocycles. The molecule has 1 nitrogen and oxygen atoms in total. The predicted molar refractivity (Wildman–Crippen MR) is 80.1 cm³/mol. The molecule has 1 saturated heterocycles. The summed E-state index contributed by atoms with van der Waals surface area (Å²) in [4.78, 5) is 0. The van der Waals surface area contributed by atoms with Crippen molar-refractivity contribution in [1.82, 2.24) is 5.32 Å². The van der Waals surface area contributed by atoms with Crippen molar-refractivity contribution in [3.05, 3.63) is 34.3 Å². The fourth-order valence-electron chi connectivity index (χ4n) is 2.41. The number of rotatable bonds is 1. The molecule has 4 heteroatoms. The molecule has 2 rings (SSSR count). The van der Waals surface area contributed by atoms with E-state index in [2.05, 4.69) is 37.4 Å². The van der Waals surface area contributed by atoms with Gasteiger partial charge < -0.3 is 5.32 Å². The molecule has 2 atom stereocenters. The van der Waals surface area contributed by atoms with Crippen LogP contribution < -0.4 is 5.32 Å². The molecule has 0 amide bonds. The van der Waals surface area contributed by atoms with Gasteiger partial charge in [0.05, 0.1) is 0 Å². The maximum absolute atomic E-state index is 6.31. The highest BCUT2D eigenvalue weighted by Gasteiger charge is 2.24. The molecule has 17 heavy (non-hydrogen) atoms. The second-order valence-corrected chi connectivity index (χ2v) is 5.01. The molecule has 1 aliphatic rings. The first-order valence-corrected chi connectivity index (χ1v) is 6.03. The minimum atomic E-state index is 0. The minimum absolute atomic E-state index is 0. The standard InChI is InChI=1S/C13H18ClN.2ClH/c1-9-3-4-12(13(14)7-9)11-5-6-15-8-10(11)2;;/h3-4,7,10-11,15H,5-6,8H2,1-2H3;2*1H/t10-,11+;;/m1../s1. The van der Waals surface area contributed by atoms with Crippen molar-refractivity contribution in [2.75, 3.05) is 13.1 Å². The van der Waals surface area contributed by atoms with Crippen LogP contribution in [0.3, 0.4) is 0 Å². The molecule has 1 aromatic rings. The molecule has 0 aromatic heterocycles. The van der Waals surface area contributed by atoms with E-state index in [9.17, 15) is 0 Å². The topological polar surface area (TPSA) is 12.0 Å². The van der Waals surface area contributed by atoms with Crippen molar-refractivity contribution in [2.45, 2.75) is 26.2 Å². The van der Waals surface area contributed by atoms with Crippen LogP contribution >= 0.6 is 36.4 Å². The number of hydrogen-bond acceptors (Lipinski definition) is 1. The van der Waals surface area contributed by atoms with Gasteiger partial charge >= 0.3 is 0 Å². The third-order valence-electron chi connectivity index (χ3n) is 3.34. The molecule has 0 bridgehead atoms. The van der Waals surface area contributed by atoms with Crippen LogP contribution in [0.2, 0.25) is 5.02 Å². The summed E-state index contributed by atoms with van der Waals surface area (Å²) in [5.74, 6) is 1.30. The first-order valence-electron chi connectivity index (χ1n) is 5.65. The van der Waals surface area contributed by atoms with E-state index in [1.165, 1.54) is 17.5 Å². The quantitative estimate of drug-likeness (QED) is 0.819. The van der Waals surface area contributed by atoms with Gasteiger partial charge in [0.2, 0.25) is 0 Å². The monoisotopic (exact) mass is 295 g/mol. The number of aryl methyl sites for hydroxylation is 1. The molecule has 1 fully saturated rings. The summed E-state index contributed by atoms with van der Waals surface area (Å²) in [6.45, 7) is 6.60. The Hall–Kier alpha value is 0.0500. The Bertz CT molecular complexity index is 355. The van der Waals surface area contributed by atoms with Gasteiger partial charge in [0, 0.05) is 5.02 Å². The van der Waals surface area contributed by atoms with E-state index in [0.29, 0.717) is 11.8 Å². The summed E-state index contributed by atoms with van der Waals surface area (Å²) in [5, 5.41) is 4.36. The highest BCUT2D eigenvalue weighted by molar-refractivity contribution is 6.31. The van der Waals surface area contributed by atoms with Crippen molar-refractivity contribution in [1.29, 1.82) is 0 Å². The fraction of sp³-hybridized carbons (Fsp3) is 0.538. The van der Waals surface area contributed by atoms with Crippen molar-refractivity contribution in [3.63, 3.8) is 0 Å². The average molecular weight is 297 g/mol. The van der Waals surface area contributed by atoms with Gasteiger partial charge in [-0.05, 0) is 55.5 Å². The third-order valence-corrected chi connectivity index (χ3v) is 3.67. The van der Waals surface area contributed by atoms with Crippen molar-refractivity contribution in [2.24, 2.45) is 5.92 Å². The molecule has 1 N–H and O–H groups in total. The van der Waals surface area contributed by atoms with Crippen LogP contribution in [0.4, 0.5) is 0 Å². The van der Waals surface area contributed by atoms with Crippen LogP contribution in [0.1, 0.15) is 30.4 Å². The Kier molecular flexibility index (Phi) is 7.50. The van der Waals surface area contributed by atoms with E-state index >= 15 is 0 Å². The Morgan fingerprint density at radius 2 is 2.00 bits per heavy atom. The highest BCUT2D eigenvalue weighted by Crippen LogP contribution is 2.34.